The maximum Gasteiger partial charge on any atom is 0.156 e. The Morgan fingerprint density at radius 1 is 1.27 bits per heavy atom. The minimum atomic E-state index is 0.485. The molecule has 0 radical (unpaired) electrons. The highest BCUT2D eigenvalue weighted by Crippen LogP contribution is 2.36. The molecule has 2 N–H and O–H groups in total. The first-order chi connectivity index (χ1) is 7.16. The van der Waals surface area contributed by atoms with Crippen LogP contribution in [0, 0.1) is 5.92 Å². The summed E-state index contributed by atoms with van der Waals surface area (Å²) in [4.78, 5) is 0. The molecule has 4 heteroatoms. The Morgan fingerprint density at radius 3 is 2.33 bits per heavy atom. The minimum Gasteiger partial charge on any atom is -0.490 e. The number of nitrogens with two attached hydrogens (primary N) is 1. The van der Waals surface area contributed by atoms with Crippen molar-refractivity contribution in [2.75, 3.05) is 12.3 Å². The normalized spacial score (nSPS) is 16.1. The van der Waals surface area contributed by atoms with Crippen molar-refractivity contribution >= 4 is 28.9 Å². The van der Waals surface area contributed by atoms with Gasteiger partial charge in [-0.15, -0.1) is 0 Å². The highest BCUT2D eigenvalue weighted by molar-refractivity contribution is 6.37. The van der Waals surface area contributed by atoms with E-state index >= 15 is 0 Å². The van der Waals surface area contributed by atoms with Crippen LogP contribution in [0.1, 0.15) is 19.3 Å². The monoisotopic (exact) mass is 245 g/mol. The van der Waals surface area contributed by atoms with Gasteiger partial charge in [0.05, 0.1) is 16.7 Å². The van der Waals surface area contributed by atoms with E-state index < -0.39 is 0 Å². The molecule has 82 valence electrons. The van der Waals surface area contributed by atoms with Crippen LogP contribution >= 0.6 is 23.2 Å². The Balaban J connectivity index is 2.05. The van der Waals surface area contributed by atoms with Crippen molar-refractivity contribution < 1.29 is 4.74 Å². The quantitative estimate of drug-likeness (QED) is 0.824. The Kier molecular flexibility index (Phi) is 3.27. The summed E-state index contributed by atoms with van der Waals surface area (Å²) >= 11 is 12.0. The van der Waals surface area contributed by atoms with Gasteiger partial charge in [-0.1, -0.05) is 29.6 Å². The van der Waals surface area contributed by atoms with Crippen LogP contribution in [0.15, 0.2) is 12.1 Å². The van der Waals surface area contributed by atoms with Crippen LogP contribution in [-0.4, -0.2) is 6.61 Å². The standard InChI is InChI=1S/C11H13Cl2NO/c12-9-4-8(14)5-10(13)11(9)15-6-7-2-1-3-7/h4-5,7H,1-3,6,14H2. The fraction of sp³-hybridized carbons (Fsp3) is 0.455. The highest BCUT2D eigenvalue weighted by Gasteiger charge is 2.19. The molecular formula is C11H13Cl2NO. The molecule has 0 aliphatic heterocycles. The van der Waals surface area contributed by atoms with E-state index in [1.165, 1.54) is 19.3 Å². The highest BCUT2D eigenvalue weighted by atomic mass is 35.5. The fourth-order valence-corrected chi connectivity index (χ4v) is 2.19. The average molecular weight is 246 g/mol. The molecule has 1 aliphatic carbocycles. The van der Waals surface area contributed by atoms with E-state index in [1.807, 2.05) is 0 Å². The maximum atomic E-state index is 5.99. The molecule has 1 aromatic carbocycles. The summed E-state index contributed by atoms with van der Waals surface area (Å²) in [7, 11) is 0. The molecule has 0 atom stereocenters. The second-order valence-corrected chi connectivity index (χ2v) is 4.74. The second-order valence-electron chi connectivity index (χ2n) is 3.92. The minimum absolute atomic E-state index is 0.485. The number of hydrogen-bond donors (Lipinski definition) is 1. The van der Waals surface area contributed by atoms with Crippen molar-refractivity contribution in [2.24, 2.45) is 5.92 Å². The van der Waals surface area contributed by atoms with Crippen LogP contribution in [-0.2, 0) is 0 Å². The van der Waals surface area contributed by atoms with Crippen molar-refractivity contribution in [1.29, 1.82) is 0 Å². The van der Waals surface area contributed by atoms with Crippen LogP contribution in [0.4, 0.5) is 5.69 Å². The van der Waals surface area contributed by atoms with Crippen molar-refractivity contribution in [3.8, 4) is 5.75 Å². The molecule has 0 saturated heterocycles. The van der Waals surface area contributed by atoms with Gasteiger partial charge in [0.2, 0.25) is 0 Å². The summed E-state index contributed by atoms with van der Waals surface area (Å²) in [5.74, 6) is 1.22. The summed E-state index contributed by atoms with van der Waals surface area (Å²) in [6, 6.07) is 3.31. The zero-order chi connectivity index (χ0) is 10.8. The van der Waals surface area contributed by atoms with Crippen LogP contribution in [0.2, 0.25) is 10.0 Å². The smallest absolute Gasteiger partial charge is 0.156 e. The largest absolute Gasteiger partial charge is 0.490 e. The van der Waals surface area contributed by atoms with E-state index in [2.05, 4.69) is 0 Å². The molecule has 0 spiro atoms. The third-order valence-corrected chi connectivity index (χ3v) is 3.27. The van der Waals surface area contributed by atoms with E-state index in [0.717, 1.165) is 0 Å². The first-order valence-corrected chi connectivity index (χ1v) is 5.79. The Morgan fingerprint density at radius 2 is 1.87 bits per heavy atom. The summed E-state index contributed by atoms with van der Waals surface area (Å²) < 4.78 is 5.61. The second kappa shape index (κ2) is 4.50. The molecule has 0 amide bonds. The molecule has 1 aliphatic rings. The molecular weight excluding hydrogens is 233 g/mol. The van der Waals surface area contributed by atoms with Crippen molar-refractivity contribution in [3.63, 3.8) is 0 Å². The Hall–Kier alpha value is -0.600. The van der Waals surface area contributed by atoms with Crippen LogP contribution in [0.5, 0.6) is 5.75 Å². The molecule has 2 rings (SSSR count). The SMILES string of the molecule is Nc1cc(Cl)c(OCC2CCC2)c(Cl)c1. The number of hydrogen-bond acceptors (Lipinski definition) is 2. The molecule has 1 saturated carbocycles. The molecule has 1 aromatic rings. The molecule has 0 aromatic heterocycles. The zero-order valence-corrected chi connectivity index (χ0v) is 9.81. The van der Waals surface area contributed by atoms with Gasteiger partial charge >= 0.3 is 0 Å². The number of benzene rings is 1. The lowest BCUT2D eigenvalue weighted by molar-refractivity contribution is 0.181. The molecule has 0 unspecified atom stereocenters. The first kappa shape index (κ1) is 10.9. The number of halogens is 2. The fourth-order valence-electron chi connectivity index (χ4n) is 1.58. The van der Waals surface area contributed by atoms with Crippen LogP contribution < -0.4 is 10.5 Å². The predicted octanol–water partition coefficient (Wildman–Crippen LogP) is 3.75. The summed E-state index contributed by atoms with van der Waals surface area (Å²) in [5.41, 5.74) is 6.15. The summed E-state index contributed by atoms with van der Waals surface area (Å²) in [6.45, 7) is 0.698. The lowest BCUT2D eigenvalue weighted by Crippen LogP contribution is -2.19. The van der Waals surface area contributed by atoms with E-state index in [1.54, 1.807) is 12.1 Å². The van der Waals surface area contributed by atoms with E-state index in [-0.39, 0.29) is 0 Å². The van der Waals surface area contributed by atoms with Crippen LogP contribution in [0.25, 0.3) is 0 Å². The van der Waals surface area contributed by atoms with Gasteiger partial charge < -0.3 is 10.5 Å². The Labute approximate surface area is 99.3 Å². The summed E-state index contributed by atoms with van der Waals surface area (Å²) in [5, 5.41) is 0.971. The van der Waals surface area contributed by atoms with Gasteiger partial charge in [0.15, 0.2) is 5.75 Å². The molecule has 15 heavy (non-hydrogen) atoms. The Bertz CT molecular complexity index is 341. The van der Waals surface area contributed by atoms with Gasteiger partial charge in [-0.3, -0.25) is 0 Å². The lowest BCUT2D eigenvalue weighted by Gasteiger charge is -2.25. The van der Waals surface area contributed by atoms with E-state index in [4.69, 9.17) is 33.7 Å². The molecule has 0 heterocycles. The van der Waals surface area contributed by atoms with Gasteiger partial charge in [0.25, 0.3) is 0 Å². The van der Waals surface area contributed by atoms with E-state index in [9.17, 15) is 0 Å². The van der Waals surface area contributed by atoms with Gasteiger partial charge in [0, 0.05) is 5.69 Å². The first-order valence-electron chi connectivity index (χ1n) is 5.04. The van der Waals surface area contributed by atoms with Gasteiger partial charge in [-0.25, -0.2) is 0 Å². The van der Waals surface area contributed by atoms with Crippen LogP contribution in [0.3, 0.4) is 0 Å². The lowest BCUT2D eigenvalue weighted by atomic mass is 9.86. The van der Waals surface area contributed by atoms with Crippen molar-refractivity contribution in [3.05, 3.63) is 22.2 Å². The number of nitrogen functional groups attached to an aromatic ring is 1. The molecule has 2 nitrogen and oxygen atoms in total. The van der Waals surface area contributed by atoms with E-state index in [0.29, 0.717) is 34.0 Å². The topological polar surface area (TPSA) is 35.2 Å². The maximum absolute atomic E-state index is 5.99. The summed E-state index contributed by atoms with van der Waals surface area (Å²) in [6.07, 6.45) is 3.78. The van der Waals surface area contributed by atoms with Crippen molar-refractivity contribution in [1.82, 2.24) is 0 Å². The number of anilines is 1. The molecule has 0 bridgehead atoms. The third kappa shape index (κ3) is 2.50. The number of rotatable bonds is 3. The third-order valence-electron chi connectivity index (χ3n) is 2.71. The predicted molar refractivity (Wildman–Crippen MR) is 63.7 cm³/mol. The van der Waals surface area contributed by atoms with Gasteiger partial charge in [-0.05, 0) is 30.9 Å². The van der Waals surface area contributed by atoms with Gasteiger partial charge in [0.1, 0.15) is 0 Å². The molecule has 1 fully saturated rings. The average Bonchev–Trinajstić information content (AvgIpc) is 2.06. The van der Waals surface area contributed by atoms with Gasteiger partial charge in [-0.2, -0.15) is 0 Å². The zero-order valence-electron chi connectivity index (χ0n) is 8.30. The van der Waals surface area contributed by atoms with Crippen molar-refractivity contribution in [2.45, 2.75) is 19.3 Å². The number of ether oxygens (including phenoxy) is 1.